The smallest absolute Gasteiger partial charge is 0.255 e. The summed E-state index contributed by atoms with van der Waals surface area (Å²) in [5.41, 5.74) is 7.76. The maximum atomic E-state index is 13.7. The van der Waals surface area contributed by atoms with Crippen LogP contribution in [0.4, 0.5) is 5.69 Å². The summed E-state index contributed by atoms with van der Waals surface area (Å²) in [6, 6.07) is 16.7. The monoisotopic (exact) mass is 536 g/mol. The van der Waals surface area contributed by atoms with Crippen molar-refractivity contribution in [1.82, 2.24) is 9.62 Å². The number of hydrogen-bond acceptors (Lipinski definition) is 5. The minimum absolute atomic E-state index is 0.0554. The van der Waals surface area contributed by atoms with Crippen molar-refractivity contribution in [3.05, 3.63) is 71.8 Å². The Morgan fingerprint density at radius 2 is 1.63 bits per heavy atom. The molecule has 0 aliphatic carbocycles. The quantitative estimate of drug-likeness (QED) is 0.423. The number of piperidine rings is 1. The van der Waals surface area contributed by atoms with Crippen molar-refractivity contribution >= 4 is 38.3 Å². The Balaban J connectivity index is 1.62. The maximum Gasteiger partial charge on any atom is 0.255 e. The number of likely N-dealkylation sites (tertiary alicyclic amines) is 1. The summed E-state index contributed by atoms with van der Waals surface area (Å²) in [5, 5.41) is 4.10. The van der Waals surface area contributed by atoms with Crippen molar-refractivity contribution in [2.45, 2.75) is 51.1 Å². The standard InChI is InChI=1S/C29H36N4O4S/c1-18(2)24-17-33(29(35)20(4)30)16-15-26(24)32-38(36,37)27-14-13-25(22-11-7-8-12-23(22)27)31-28(34)21-10-6-5-9-19(21)3/h5-14,18,20,24,26,32H,15-17,30H2,1-4H3,(H,31,34)/t20-,24-,26+/m0/s1. The van der Waals surface area contributed by atoms with Crippen molar-refractivity contribution < 1.29 is 18.0 Å². The largest absolute Gasteiger partial charge is 0.341 e. The van der Waals surface area contributed by atoms with Gasteiger partial charge in [-0.1, -0.05) is 56.3 Å². The molecule has 0 saturated carbocycles. The number of nitrogens with two attached hydrogens (primary N) is 1. The van der Waals surface area contributed by atoms with Crippen LogP contribution in [0.5, 0.6) is 0 Å². The second-order valence-corrected chi connectivity index (χ2v) is 12.1. The second kappa shape index (κ2) is 11.2. The van der Waals surface area contributed by atoms with Crippen LogP contribution < -0.4 is 15.8 Å². The van der Waals surface area contributed by atoms with Gasteiger partial charge in [0, 0.05) is 41.2 Å². The van der Waals surface area contributed by atoms with Crippen LogP contribution in [-0.2, 0) is 14.8 Å². The predicted octanol–water partition coefficient (Wildman–Crippen LogP) is 3.90. The molecule has 38 heavy (non-hydrogen) atoms. The fraction of sp³-hybridized carbons (Fsp3) is 0.379. The number of fused-ring (bicyclic) bond motifs is 1. The lowest BCUT2D eigenvalue weighted by Crippen LogP contribution is -2.56. The number of anilines is 1. The topological polar surface area (TPSA) is 122 Å². The van der Waals surface area contributed by atoms with Crippen LogP contribution in [0.25, 0.3) is 10.8 Å². The van der Waals surface area contributed by atoms with Gasteiger partial charge in [0.2, 0.25) is 15.9 Å². The van der Waals surface area contributed by atoms with E-state index in [1.807, 2.05) is 45.0 Å². The Morgan fingerprint density at radius 1 is 0.974 bits per heavy atom. The second-order valence-electron chi connectivity index (χ2n) is 10.4. The third kappa shape index (κ3) is 5.75. The summed E-state index contributed by atoms with van der Waals surface area (Å²) in [6.45, 7) is 8.51. The zero-order valence-electron chi connectivity index (χ0n) is 22.3. The first kappa shape index (κ1) is 27.8. The first-order valence-corrected chi connectivity index (χ1v) is 14.4. The summed E-state index contributed by atoms with van der Waals surface area (Å²) in [6.07, 6.45) is 0.503. The van der Waals surface area contributed by atoms with Crippen LogP contribution in [0.2, 0.25) is 0 Å². The number of carbonyl (C=O) groups is 2. The number of amides is 2. The van der Waals surface area contributed by atoms with Gasteiger partial charge in [-0.2, -0.15) is 0 Å². The number of carbonyl (C=O) groups excluding carboxylic acids is 2. The van der Waals surface area contributed by atoms with Gasteiger partial charge < -0.3 is 16.0 Å². The number of benzene rings is 3. The van der Waals surface area contributed by atoms with Gasteiger partial charge in [-0.05, 0) is 55.9 Å². The lowest BCUT2D eigenvalue weighted by molar-refractivity contribution is -0.134. The van der Waals surface area contributed by atoms with Gasteiger partial charge in [0.25, 0.3) is 5.91 Å². The van der Waals surface area contributed by atoms with E-state index in [2.05, 4.69) is 10.0 Å². The van der Waals surface area contributed by atoms with Gasteiger partial charge in [-0.25, -0.2) is 13.1 Å². The molecular formula is C29H36N4O4S. The van der Waals surface area contributed by atoms with Crippen molar-refractivity contribution in [3.63, 3.8) is 0 Å². The molecule has 9 heteroatoms. The van der Waals surface area contributed by atoms with E-state index in [-0.39, 0.29) is 34.6 Å². The molecule has 3 aromatic rings. The fourth-order valence-electron chi connectivity index (χ4n) is 5.19. The van der Waals surface area contributed by atoms with Crippen LogP contribution >= 0.6 is 0 Å². The Kier molecular flexibility index (Phi) is 8.20. The molecule has 2 amide bonds. The van der Waals surface area contributed by atoms with Gasteiger partial charge >= 0.3 is 0 Å². The number of hydrogen-bond donors (Lipinski definition) is 3. The highest BCUT2D eigenvalue weighted by atomic mass is 32.2. The minimum Gasteiger partial charge on any atom is -0.341 e. The van der Waals surface area contributed by atoms with E-state index in [0.29, 0.717) is 41.5 Å². The molecule has 4 N–H and O–H groups in total. The summed E-state index contributed by atoms with van der Waals surface area (Å²) in [7, 11) is -3.90. The summed E-state index contributed by atoms with van der Waals surface area (Å²) < 4.78 is 30.3. The number of aryl methyl sites for hydroxylation is 1. The van der Waals surface area contributed by atoms with Crippen LogP contribution in [0.1, 0.15) is 43.1 Å². The average molecular weight is 537 g/mol. The van der Waals surface area contributed by atoms with E-state index < -0.39 is 16.1 Å². The van der Waals surface area contributed by atoms with Crippen molar-refractivity contribution in [2.75, 3.05) is 18.4 Å². The highest BCUT2D eigenvalue weighted by Crippen LogP contribution is 2.32. The molecular weight excluding hydrogens is 500 g/mol. The molecule has 0 aromatic heterocycles. The lowest BCUT2D eigenvalue weighted by atomic mass is 9.84. The van der Waals surface area contributed by atoms with Gasteiger partial charge in [-0.3, -0.25) is 9.59 Å². The number of nitrogens with one attached hydrogen (secondary N) is 2. The van der Waals surface area contributed by atoms with E-state index in [1.165, 1.54) is 6.07 Å². The molecule has 1 heterocycles. The molecule has 1 saturated heterocycles. The van der Waals surface area contributed by atoms with Crippen LogP contribution in [0.15, 0.2) is 65.6 Å². The molecule has 0 spiro atoms. The molecule has 3 aromatic carbocycles. The first-order valence-electron chi connectivity index (χ1n) is 12.9. The van der Waals surface area contributed by atoms with Gasteiger partial charge in [0.05, 0.1) is 10.9 Å². The zero-order chi connectivity index (χ0) is 27.6. The zero-order valence-corrected chi connectivity index (χ0v) is 23.1. The Labute approximate surface area is 224 Å². The first-order chi connectivity index (χ1) is 18.0. The SMILES string of the molecule is Cc1ccccc1C(=O)Nc1ccc(S(=O)(=O)N[C@@H]2CCN(C(=O)[C@H](C)N)C[C@H]2C(C)C)c2ccccc12. The van der Waals surface area contributed by atoms with Gasteiger partial charge in [0.1, 0.15) is 0 Å². The van der Waals surface area contributed by atoms with E-state index in [4.69, 9.17) is 5.73 Å². The molecule has 4 rings (SSSR count). The van der Waals surface area contributed by atoms with E-state index >= 15 is 0 Å². The Morgan fingerprint density at radius 3 is 2.29 bits per heavy atom. The van der Waals surface area contributed by atoms with E-state index in [1.54, 1.807) is 42.2 Å². The molecule has 8 nitrogen and oxygen atoms in total. The van der Waals surface area contributed by atoms with Crippen molar-refractivity contribution in [1.29, 1.82) is 0 Å². The number of sulfonamides is 1. The highest BCUT2D eigenvalue weighted by Gasteiger charge is 2.36. The summed E-state index contributed by atoms with van der Waals surface area (Å²) in [5.74, 6) is -0.275. The van der Waals surface area contributed by atoms with Crippen LogP contribution in [0.3, 0.4) is 0 Å². The summed E-state index contributed by atoms with van der Waals surface area (Å²) >= 11 is 0. The fourth-order valence-corrected chi connectivity index (χ4v) is 6.72. The van der Waals surface area contributed by atoms with Crippen LogP contribution in [-0.4, -0.2) is 50.3 Å². The number of nitrogens with zero attached hydrogens (tertiary/aromatic N) is 1. The highest BCUT2D eigenvalue weighted by molar-refractivity contribution is 7.89. The van der Waals surface area contributed by atoms with Crippen molar-refractivity contribution in [3.8, 4) is 0 Å². The number of rotatable bonds is 7. The van der Waals surface area contributed by atoms with Gasteiger partial charge in [0.15, 0.2) is 0 Å². The third-order valence-corrected chi connectivity index (χ3v) is 8.88. The van der Waals surface area contributed by atoms with Gasteiger partial charge in [-0.15, -0.1) is 0 Å². The Hall–Kier alpha value is -3.27. The Bertz CT molecular complexity index is 1450. The predicted molar refractivity (Wildman–Crippen MR) is 150 cm³/mol. The molecule has 3 atom stereocenters. The lowest BCUT2D eigenvalue weighted by Gasteiger charge is -2.41. The van der Waals surface area contributed by atoms with E-state index in [0.717, 1.165) is 5.56 Å². The normalized spacial score (nSPS) is 18.9. The molecule has 202 valence electrons. The maximum absolute atomic E-state index is 13.7. The van der Waals surface area contributed by atoms with E-state index in [9.17, 15) is 18.0 Å². The third-order valence-electron chi connectivity index (χ3n) is 7.33. The molecule has 1 aliphatic rings. The molecule has 0 unspecified atom stereocenters. The summed E-state index contributed by atoms with van der Waals surface area (Å²) in [4.78, 5) is 27.3. The molecule has 0 radical (unpaired) electrons. The van der Waals surface area contributed by atoms with Crippen molar-refractivity contribution in [2.24, 2.45) is 17.6 Å². The minimum atomic E-state index is -3.90. The molecule has 1 fully saturated rings. The molecule has 1 aliphatic heterocycles. The average Bonchev–Trinajstić information content (AvgIpc) is 2.88. The molecule has 0 bridgehead atoms. The van der Waals surface area contributed by atoms with Crippen LogP contribution in [0, 0.1) is 18.8 Å².